The third-order valence-electron chi connectivity index (χ3n) is 12.6. The Hall–Kier alpha value is -7.75. The first-order valence-corrected chi connectivity index (χ1v) is 23.2. The minimum Gasteiger partial charge on any atom is -0.497 e. The number of para-hydroxylation sites is 1. The van der Waals surface area contributed by atoms with Crippen molar-refractivity contribution >= 4 is 28.5 Å². The molecule has 2 aromatic heterocycles. The van der Waals surface area contributed by atoms with Crippen molar-refractivity contribution in [1.29, 1.82) is 5.26 Å². The number of nitrogen functional groups attached to an aromatic ring is 1. The van der Waals surface area contributed by atoms with Gasteiger partial charge in [-0.25, -0.2) is 15.0 Å². The summed E-state index contributed by atoms with van der Waals surface area (Å²) in [5.41, 5.74) is 9.72. The van der Waals surface area contributed by atoms with Crippen LogP contribution in [-0.4, -0.2) is 82.6 Å². The number of ketones is 1. The van der Waals surface area contributed by atoms with Crippen molar-refractivity contribution in [3.63, 3.8) is 0 Å². The molecule has 2 N–H and O–H groups in total. The molecule has 0 aliphatic carbocycles. The van der Waals surface area contributed by atoms with Crippen LogP contribution in [0.3, 0.4) is 0 Å². The maximum absolute atomic E-state index is 15.9. The molecular formula is C56H57N7O7. The Balaban J connectivity index is 1.42. The summed E-state index contributed by atoms with van der Waals surface area (Å²) >= 11 is 0. The molecular weight excluding hydrogens is 883 g/mol. The third-order valence-corrected chi connectivity index (χ3v) is 12.6. The Labute approximate surface area is 408 Å². The Kier molecular flexibility index (Phi) is 15.1. The Morgan fingerprint density at radius 1 is 0.814 bits per heavy atom. The number of imidazole rings is 1. The molecule has 0 saturated carbocycles. The molecule has 1 fully saturated rings. The van der Waals surface area contributed by atoms with Gasteiger partial charge in [-0.15, -0.1) is 6.42 Å². The standard InChI is InChI=1S/C56H57N7O7/c1-8-33-67-52-51(68-45-23-15-19-38(20-16-32-57)47(45)63(36(2)3)37(4)5)50(69-55(52)62-35-61-46-53(58)59-34-60-54(46)62)49(48(64)39-17-11-9-12-18-39)70-56(40-21-13-10-14-22-40,41-24-28-43(65-6)29-25-41)42-26-30-44(66-7)31-27-42/h1,9-15,17-19,21-31,34-37,49-52,55H,16,20,33H2,2-7H3,(H2,58,59,60)/t49?,50-,51-,52-,55-/m1/s1. The SMILES string of the molecule is C#CCO[C@@H]1[C@H](Oc2cccc(CCC#N)c2N(C(C)C)C(C)C)[C@@H](C(OC(c2ccccc2)(c2ccc(OC)cc2)c2ccc(OC)cc2)C(=O)c2ccccc2)O[C@H]1n1cnc2c(N)ncnc21. The van der Waals surface area contributed by atoms with Gasteiger partial charge in [-0.2, -0.15) is 5.26 Å². The Morgan fingerprint density at radius 2 is 1.43 bits per heavy atom. The summed E-state index contributed by atoms with van der Waals surface area (Å²) < 4.78 is 42.3. The predicted octanol–water partition coefficient (Wildman–Crippen LogP) is 9.13. The van der Waals surface area contributed by atoms with E-state index in [4.69, 9.17) is 40.6 Å². The van der Waals surface area contributed by atoms with Crippen LogP contribution in [0.15, 0.2) is 140 Å². The van der Waals surface area contributed by atoms with Gasteiger partial charge in [0.1, 0.15) is 53.5 Å². The van der Waals surface area contributed by atoms with Gasteiger partial charge < -0.3 is 39.1 Å². The van der Waals surface area contributed by atoms with Crippen molar-refractivity contribution in [3.8, 4) is 35.7 Å². The van der Waals surface area contributed by atoms with Gasteiger partial charge in [0, 0.05) is 24.1 Å². The second kappa shape index (κ2) is 21.7. The lowest BCUT2D eigenvalue weighted by Crippen LogP contribution is -2.52. The number of carbonyl (C=O) groups excluding carboxylic acids is 1. The fourth-order valence-corrected chi connectivity index (χ4v) is 9.51. The predicted molar refractivity (Wildman–Crippen MR) is 268 cm³/mol. The average molecular weight is 940 g/mol. The van der Waals surface area contributed by atoms with Crippen LogP contribution in [-0.2, 0) is 26.2 Å². The number of aromatic nitrogens is 4. The number of Topliss-reactive ketones (excluding diaryl/α,β-unsaturated/α-hetero) is 1. The van der Waals surface area contributed by atoms with Crippen molar-refractivity contribution in [2.75, 3.05) is 31.5 Å². The summed E-state index contributed by atoms with van der Waals surface area (Å²) in [6.07, 6.45) is 3.69. The summed E-state index contributed by atoms with van der Waals surface area (Å²) in [4.78, 5) is 31.6. The fraction of sp³-hybridized carbons (Fsp3) is 0.304. The lowest BCUT2D eigenvalue weighted by Gasteiger charge is -2.41. The quantitative estimate of drug-likeness (QED) is 0.0437. The van der Waals surface area contributed by atoms with Crippen LogP contribution in [0.5, 0.6) is 17.2 Å². The van der Waals surface area contributed by atoms with E-state index in [2.05, 4.69) is 59.5 Å². The van der Waals surface area contributed by atoms with Crippen LogP contribution in [0.1, 0.15) is 73.0 Å². The zero-order chi connectivity index (χ0) is 49.4. The maximum Gasteiger partial charge on any atom is 0.194 e. The summed E-state index contributed by atoms with van der Waals surface area (Å²) in [5, 5.41) is 9.81. The molecule has 14 nitrogen and oxygen atoms in total. The van der Waals surface area contributed by atoms with Crippen molar-refractivity contribution in [2.45, 2.75) is 88.9 Å². The number of methoxy groups -OCH3 is 2. The van der Waals surface area contributed by atoms with Gasteiger partial charge >= 0.3 is 0 Å². The van der Waals surface area contributed by atoms with Crippen LogP contribution in [0.25, 0.3) is 11.2 Å². The van der Waals surface area contributed by atoms with Crippen LogP contribution < -0.4 is 24.8 Å². The Bertz CT molecular complexity index is 2900. The average Bonchev–Trinajstić information content (AvgIpc) is 3.98. The number of nitrogens with zero attached hydrogens (tertiary/aromatic N) is 6. The van der Waals surface area contributed by atoms with Gasteiger partial charge in [0.25, 0.3) is 0 Å². The smallest absolute Gasteiger partial charge is 0.194 e. The monoisotopic (exact) mass is 939 g/mol. The molecule has 3 heterocycles. The van der Waals surface area contributed by atoms with E-state index >= 15 is 4.79 Å². The van der Waals surface area contributed by atoms with Crippen LogP contribution in [0.2, 0.25) is 0 Å². The van der Waals surface area contributed by atoms with Gasteiger partial charge in [-0.05, 0) is 86.7 Å². The number of hydrogen-bond acceptors (Lipinski definition) is 13. The molecule has 1 unspecified atom stereocenters. The molecule has 70 heavy (non-hydrogen) atoms. The molecule has 1 aliphatic heterocycles. The summed E-state index contributed by atoms with van der Waals surface area (Å²) in [7, 11) is 3.22. The van der Waals surface area contributed by atoms with E-state index in [1.165, 1.54) is 6.33 Å². The van der Waals surface area contributed by atoms with Crippen LogP contribution in [0.4, 0.5) is 11.5 Å². The number of fused-ring (bicyclic) bond motifs is 1. The number of nitriles is 1. The zero-order valence-corrected chi connectivity index (χ0v) is 40.1. The molecule has 7 aromatic rings. The van der Waals surface area contributed by atoms with Gasteiger partial charge in [0.2, 0.25) is 0 Å². The largest absolute Gasteiger partial charge is 0.497 e. The van der Waals surface area contributed by atoms with E-state index < -0.39 is 42.0 Å². The number of rotatable bonds is 20. The summed E-state index contributed by atoms with van der Waals surface area (Å²) in [5.74, 6) is 4.15. The first kappa shape index (κ1) is 48.7. The van der Waals surface area contributed by atoms with Crippen LogP contribution >= 0.6 is 0 Å². The first-order chi connectivity index (χ1) is 34.0. The van der Waals surface area contributed by atoms with Crippen molar-refractivity contribution in [2.24, 2.45) is 0 Å². The topological polar surface area (TPSA) is 169 Å². The molecule has 0 spiro atoms. The van der Waals surface area contributed by atoms with Gasteiger partial charge in [0.05, 0.1) is 32.3 Å². The second-order valence-corrected chi connectivity index (χ2v) is 17.4. The highest BCUT2D eigenvalue weighted by atomic mass is 16.6. The third kappa shape index (κ3) is 9.62. The molecule has 0 radical (unpaired) electrons. The number of hydrogen-bond donors (Lipinski definition) is 1. The summed E-state index contributed by atoms with van der Waals surface area (Å²) in [6.45, 7) is 8.31. The highest BCUT2D eigenvalue weighted by Gasteiger charge is 2.56. The lowest BCUT2D eigenvalue weighted by molar-refractivity contribution is -0.124. The molecule has 5 aromatic carbocycles. The molecule has 0 amide bonds. The van der Waals surface area contributed by atoms with E-state index in [9.17, 15) is 5.26 Å². The van der Waals surface area contributed by atoms with E-state index in [0.717, 1.165) is 11.3 Å². The van der Waals surface area contributed by atoms with Crippen molar-refractivity contribution in [1.82, 2.24) is 19.5 Å². The highest BCUT2D eigenvalue weighted by Crippen LogP contribution is 2.47. The molecule has 5 atom stereocenters. The molecule has 14 heteroatoms. The number of benzene rings is 5. The minimum absolute atomic E-state index is 0.0149. The van der Waals surface area contributed by atoms with Crippen LogP contribution in [0, 0.1) is 23.7 Å². The number of aryl methyl sites for hydroxylation is 1. The number of nitrogens with two attached hydrogens (primary N) is 1. The lowest BCUT2D eigenvalue weighted by atomic mass is 9.79. The second-order valence-electron chi connectivity index (χ2n) is 17.4. The number of ether oxygens (including phenoxy) is 6. The van der Waals surface area contributed by atoms with E-state index in [0.29, 0.717) is 57.1 Å². The molecule has 8 rings (SSSR count). The Morgan fingerprint density at radius 3 is 2.01 bits per heavy atom. The first-order valence-electron chi connectivity index (χ1n) is 23.2. The fourth-order valence-electron chi connectivity index (χ4n) is 9.51. The minimum atomic E-state index is -1.51. The van der Waals surface area contributed by atoms with Gasteiger partial charge in [-0.1, -0.05) is 103 Å². The zero-order valence-electron chi connectivity index (χ0n) is 40.1. The molecule has 358 valence electrons. The molecule has 0 bridgehead atoms. The van der Waals surface area contributed by atoms with Crippen molar-refractivity contribution in [3.05, 3.63) is 168 Å². The van der Waals surface area contributed by atoms with E-state index in [1.54, 1.807) is 49.4 Å². The van der Waals surface area contributed by atoms with Gasteiger partial charge in [-0.3, -0.25) is 9.36 Å². The van der Waals surface area contributed by atoms with E-state index in [1.807, 2.05) is 103 Å². The van der Waals surface area contributed by atoms with Gasteiger partial charge in [0.15, 0.2) is 35.7 Å². The van der Waals surface area contributed by atoms with Crippen molar-refractivity contribution < 1.29 is 33.2 Å². The number of anilines is 2. The normalized spacial score (nSPS) is 17.2. The highest BCUT2D eigenvalue weighted by molar-refractivity contribution is 6.00. The maximum atomic E-state index is 15.9. The number of terminal acetylenes is 1. The van der Waals surface area contributed by atoms with E-state index in [-0.39, 0.29) is 30.9 Å². The summed E-state index contributed by atoms with van der Waals surface area (Å²) in [6, 6.07) is 42.0. The number of carbonyl (C=O) groups is 1. The molecule has 1 aliphatic rings. The molecule has 1 saturated heterocycles.